The molecule has 0 radical (unpaired) electrons. The molecule has 0 aromatic heterocycles. The quantitative estimate of drug-likeness (QED) is 0.724. The maximum atomic E-state index is 12.8. The fraction of sp³-hybridized carbons (Fsp3) is 0.100. The largest absolute Gasteiger partial charge is 0.508 e. The Morgan fingerprint density at radius 3 is 1.77 bits per heavy atom. The van der Waals surface area contributed by atoms with Crippen LogP contribution >= 0.6 is 0 Å². The molecule has 132 valence electrons. The van der Waals surface area contributed by atoms with E-state index >= 15 is 0 Å². The molecule has 6 heteroatoms. The van der Waals surface area contributed by atoms with Crippen molar-refractivity contribution >= 4 is 24.0 Å². The molecule has 0 saturated carbocycles. The first-order valence-electron chi connectivity index (χ1n) is 8.00. The number of hydrogen-bond donors (Lipinski definition) is 3. The maximum absolute atomic E-state index is 12.8. The van der Waals surface area contributed by atoms with Crippen LogP contribution in [0.2, 0.25) is 0 Å². The summed E-state index contributed by atoms with van der Waals surface area (Å²) < 4.78 is 0. The van der Waals surface area contributed by atoms with Gasteiger partial charge in [-0.15, -0.1) is 0 Å². The molecule has 0 unspecified atom stereocenters. The van der Waals surface area contributed by atoms with E-state index in [9.17, 15) is 19.8 Å². The SMILES string of the molecule is NC(=O)N1C/C(=C\c2cccc(O)c2)C(=O)/C(=C/c2cccc(O)c2)C1. The number of Topliss-reactive ketones (excluding diaryl/α,β-unsaturated/α-hetero) is 1. The first-order valence-corrected chi connectivity index (χ1v) is 8.00. The molecule has 0 bridgehead atoms. The Bertz CT molecular complexity index is 863. The summed E-state index contributed by atoms with van der Waals surface area (Å²) in [6, 6.07) is 12.4. The van der Waals surface area contributed by atoms with Crippen molar-refractivity contribution in [2.75, 3.05) is 13.1 Å². The molecular formula is C20H18N2O4. The zero-order chi connectivity index (χ0) is 18.7. The average molecular weight is 350 g/mol. The number of nitrogens with zero attached hydrogens (tertiary/aromatic N) is 1. The summed E-state index contributed by atoms with van der Waals surface area (Å²) in [5.74, 6) is -0.0241. The van der Waals surface area contributed by atoms with Crippen LogP contribution in [0.15, 0.2) is 59.7 Å². The Hall–Kier alpha value is -3.54. The van der Waals surface area contributed by atoms with Crippen LogP contribution in [0.3, 0.4) is 0 Å². The summed E-state index contributed by atoms with van der Waals surface area (Å²) in [7, 11) is 0. The highest BCUT2D eigenvalue weighted by molar-refractivity contribution is 6.15. The van der Waals surface area contributed by atoms with E-state index in [4.69, 9.17) is 5.73 Å². The van der Waals surface area contributed by atoms with Gasteiger partial charge in [0.05, 0.1) is 13.1 Å². The molecule has 2 aromatic carbocycles. The molecule has 1 saturated heterocycles. The Labute approximate surface area is 150 Å². The minimum absolute atomic E-state index is 0.0879. The van der Waals surface area contributed by atoms with Gasteiger partial charge in [-0.2, -0.15) is 0 Å². The summed E-state index contributed by atoms with van der Waals surface area (Å²) in [6.45, 7) is 0.197. The number of phenolic OH excluding ortho intramolecular Hbond substituents is 2. The number of ketones is 1. The molecule has 1 fully saturated rings. The number of aromatic hydroxyl groups is 2. The van der Waals surface area contributed by atoms with Gasteiger partial charge in [0.2, 0.25) is 0 Å². The van der Waals surface area contributed by atoms with Crippen LogP contribution in [0.4, 0.5) is 4.79 Å². The van der Waals surface area contributed by atoms with Crippen LogP contribution in [0, 0.1) is 0 Å². The van der Waals surface area contributed by atoms with Crippen molar-refractivity contribution in [3.05, 3.63) is 70.8 Å². The lowest BCUT2D eigenvalue weighted by Gasteiger charge is -2.28. The standard InChI is InChI=1S/C20H18N2O4/c21-20(26)22-11-15(7-13-3-1-5-17(23)9-13)19(25)16(12-22)8-14-4-2-6-18(24)10-14/h1-10,23-24H,11-12H2,(H2,21,26)/b15-7+,16-8+. The van der Waals surface area contributed by atoms with E-state index in [1.807, 2.05) is 0 Å². The second kappa shape index (κ2) is 7.14. The van der Waals surface area contributed by atoms with E-state index in [1.165, 1.54) is 29.2 Å². The topological polar surface area (TPSA) is 104 Å². The van der Waals surface area contributed by atoms with Crippen LogP contribution < -0.4 is 5.73 Å². The number of urea groups is 1. The molecule has 0 spiro atoms. The summed E-state index contributed by atoms with van der Waals surface area (Å²) in [6.07, 6.45) is 3.26. The number of likely N-dealkylation sites (tertiary alicyclic amines) is 1. The van der Waals surface area contributed by atoms with Crippen molar-refractivity contribution in [2.24, 2.45) is 5.73 Å². The summed E-state index contributed by atoms with van der Waals surface area (Å²) >= 11 is 0. The molecule has 0 aliphatic carbocycles. The van der Waals surface area contributed by atoms with Gasteiger partial charge in [-0.1, -0.05) is 24.3 Å². The summed E-state index contributed by atoms with van der Waals surface area (Å²) in [5, 5.41) is 19.2. The zero-order valence-corrected chi connectivity index (χ0v) is 13.9. The van der Waals surface area contributed by atoms with E-state index < -0.39 is 6.03 Å². The number of amides is 2. The molecule has 1 aliphatic rings. The number of hydrogen-bond acceptors (Lipinski definition) is 4. The lowest BCUT2D eigenvalue weighted by atomic mass is 9.94. The van der Waals surface area contributed by atoms with Gasteiger partial charge in [0.1, 0.15) is 11.5 Å². The smallest absolute Gasteiger partial charge is 0.315 e. The second-order valence-electron chi connectivity index (χ2n) is 6.05. The van der Waals surface area contributed by atoms with E-state index in [0.717, 1.165) is 0 Å². The van der Waals surface area contributed by atoms with Gasteiger partial charge in [0, 0.05) is 11.1 Å². The number of benzene rings is 2. The molecule has 4 N–H and O–H groups in total. The highest BCUT2D eigenvalue weighted by Crippen LogP contribution is 2.24. The summed E-state index contributed by atoms with van der Waals surface area (Å²) in [5.41, 5.74) is 7.50. The number of phenols is 2. The maximum Gasteiger partial charge on any atom is 0.315 e. The predicted octanol–water partition coefficient (Wildman–Crippen LogP) is 2.53. The molecule has 6 nitrogen and oxygen atoms in total. The Morgan fingerprint density at radius 2 is 1.38 bits per heavy atom. The molecular weight excluding hydrogens is 332 g/mol. The lowest BCUT2D eigenvalue weighted by Crippen LogP contribution is -2.44. The third-order valence-electron chi connectivity index (χ3n) is 4.04. The third-order valence-corrected chi connectivity index (χ3v) is 4.04. The van der Waals surface area contributed by atoms with Gasteiger partial charge >= 0.3 is 6.03 Å². The molecule has 2 amide bonds. The monoisotopic (exact) mass is 350 g/mol. The van der Waals surface area contributed by atoms with Crippen molar-refractivity contribution in [2.45, 2.75) is 0 Å². The van der Waals surface area contributed by atoms with Crippen LogP contribution in [0.5, 0.6) is 11.5 Å². The van der Waals surface area contributed by atoms with Crippen molar-refractivity contribution in [3.63, 3.8) is 0 Å². The van der Waals surface area contributed by atoms with Gasteiger partial charge < -0.3 is 20.8 Å². The number of carbonyl (C=O) groups excluding carboxylic acids is 2. The normalized spacial score (nSPS) is 17.7. The lowest BCUT2D eigenvalue weighted by molar-refractivity contribution is -0.113. The molecule has 1 aliphatic heterocycles. The van der Waals surface area contributed by atoms with Crippen molar-refractivity contribution < 1.29 is 19.8 Å². The van der Waals surface area contributed by atoms with Gasteiger partial charge in [0.25, 0.3) is 0 Å². The Balaban J connectivity index is 2.00. The van der Waals surface area contributed by atoms with E-state index in [2.05, 4.69) is 0 Å². The molecule has 1 heterocycles. The highest BCUT2D eigenvalue weighted by atomic mass is 16.3. The van der Waals surface area contributed by atoms with Crippen LogP contribution in [0.25, 0.3) is 12.2 Å². The Kier molecular flexibility index (Phi) is 4.75. The minimum atomic E-state index is -0.624. The van der Waals surface area contributed by atoms with E-state index in [-0.39, 0.29) is 30.4 Å². The van der Waals surface area contributed by atoms with Crippen LogP contribution in [-0.2, 0) is 4.79 Å². The van der Waals surface area contributed by atoms with Crippen molar-refractivity contribution in [1.82, 2.24) is 4.90 Å². The Morgan fingerprint density at radius 1 is 0.923 bits per heavy atom. The number of nitrogens with two attached hydrogens (primary N) is 1. The molecule has 3 rings (SSSR count). The van der Waals surface area contributed by atoms with Crippen LogP contribution in [0.1, 0.15) is 11.1 Å². The summed E-state index contributed by atoms with van der Waals surface area (Å²) in [4.78, 5) is 25.9. The number of primary amides is 1. The molecule has 26 heavy (non-hydrogen) atoms. The van der Waals surface area contributed by atoms with Gasteiger partial charge in [0.15, 0.2) is 5.78 Å². The first-order chi connectivity index (χ1) is 12.4. The fourth-order valence-electron chi connectivity index (χ4n) is 2.83. The predicted molar refractivity (Wildman–Crippen MR) is 98.3 cm³/mol. The number of rotatable bonds is 2. The molecule has 2 aromatic rings. The number of carbonyl (C=O) groups is 2. The third kappa shape index (κ3) is 3.92. The highest BCUT2D eigenvalue weighted by Gasteiger charge is 2.28. The van der Waals surface area contributed by atoms with Crippen molar-refractivity contribution in [1.29, 1.82) is 0 Å². The molecule has 0 atom stereocenters. The van der Waals surface area contributed by atoms with Crippen molar-refractivity contribution in [3.8, 4) is 11.5 Å². The van der Waals surface area contributed by atoms with E-state index in [1.54, 1.807) is 36.4 Å². The fourth-order valence-corrected chi connectivity index (χ4v) is 2.83. The van der Waals surface area contributed by atoms with E-state index in [0.29, 0.717) is 22.3 Å². The van der Waals surface area contributed by atoms with Gasteiger partial charge in [-0.05, 0) is 47.5 Å². The van der Waals surface area contributed by atoms with Crippen LogP contribution in [-0.4, -0.2) is 40.0 Å². The first kappa shape index (κ1) is 17.3. The minimum Gasteiger partial charge on any atom is -0.508 e. The average Bonchev–Trinajstić information content (AvgIpc) is 2.58. The second-order valence-corrected chi connectivity index (χ2v) is 6.05. The number of piperidine rings is 1. The van der Waals surface area contributed by atoms with Gasteiger partial charge in [-0.3, -0.25) is 4.79 Å². The van der Waals surface area contributed by atoms with Gasteiger partial charge in [-0.25, -0.2) is 4.79 Å². The zero-order valence-electron chi connectivity index (χ0n) is 13.9.